The number of hydrogen-bond donors (Lipinski definition) is 1. The molecule has 6 nitrogen and oxygen atoms in total. The van der Waals surface area contributed by atoms with E-state index in [0.717, 1.165) is 16.6 Å². The van der Waals surface area contributed by atoms with Gasteiger partial charge in [-0.25, -0.2) is 17.6 Å². The number of hydrogen-bond acceptors (Lipinski definition) is 4. The first kappa shape index (κ1) is 16.5. The Morgan fingerprint density at radius 1 is 1.50 bits per heavy atom. The average Bonchev–Trinajstić information content (AvgIpc) is 2.36. The number of nitrogens with zero attached hydrogens (tertiary/aromatic N) is 1. The number of nitrogens with one attached hydrogen (secondary N) is 1. The Kier molecular flexibility index (Phi) is 5.58. The molecule has 0 atom stereocenters. The molecule has 0 bridgehead atoms. The van der Waals surface area contributed by atoms with E-state index in [2.05, 4.69) is 10.1 Å². The van der Waals surface area contributed by atoms with Crippen LogP contribution in [0, 0.1) is 5.82 Å². The van der Waals surface area contributed by atoms with E-state index in [1.54, 1.807) is 0 Å². The predicted molar refractivity (Wildman–Crippen MR) is 74.0 cm³/mol. The Morgan fingerprint density at radius 2 is 2.15 bits per heavy atom. The molecule has 0 unspecified atom stereocenters. The van der Waals surface area contributed by atoms with Gasteiger partial charge in [0.1, 0.15) is 5.82 Å². The van der Waals surface area contributed by atoms with Crippen molar-refractivity contribution in [2.24, 2.45) is 0 Å². The number of benzene rings is 1. The molecule has 0 fully saturated rings. The zero-order valence-corrected chi connectivity index (χ0v) is 12.5. The zero-order valence-electron chi connectivity index (χ0n) is 10.9. The summed E-state index contributed by atoms with van der Waals surface area (Å²) in [4.78, 5) is 10.9. The van der Waals surface area contributed by atoms with Gasteiger partial charge in [0.2, 0.25) is 10.0 Å². The molecule has 0 saturated carbocycles. The largest absolute Gasteiger partial charge is 0.453 e. The summed E-state index contributed by atoms with van der Waals surface area (Å²) in [6.45, 7) is 0.00460. The number of alkyl carbamates (subject to hydrolysis) is 1. The minimum absolute atomic E-state index is 0.0319. The van der Waals surface area contributed by atoms with Crippen LogP contribution in [0.2, 0.25) is 5.02 Å². The second-order valence-electron chi connectivity index (χ2n) is 3.85. The van der Waals surface area contributed by atoms with Gasteiger partial charge in [0, 0.05) is 6.54 Å². The summed E-state index contributed by atoms with van der Waals surface area (Å²) >= 11 is 5.63. The fourth-order valence-electron chi connectivity index (χ4n) is 1.46. The molecule has 0 aliphatic heterocycles. The molecule has 0 heterocycles. The zero-order chi connectivity index (χ0) is 15.3. The molecule has 0 aliphatic rings. The molecule has 1 amide bonds. The second-order valence-corrected chi connectivity index (χ2v) is 6.17. The molecule has 0 aromatic heterocycles. The van der Waals surface area contributed by atoms with Gasteiger partial charge >= 0.3 is 6.09 Å². The SMILES string of the molecule is COC(=O)NCCN(c1ccc(F)c(Cl)c1)S(C)(=O)=O. The van der Waals surface area contributed by atoms with Crippen LogP contribution in [0.5, 0.6) is 0 Å². The number of carbonyl (C=O) groups excluding carboxylic acids is 1. The predicted octanol–water partition coefficient (Wildman–Crippen LogP) is 1.60. The number of rotatable bonds is 5. The third-order valence-electron chi connectivity index (χ3n) is 2.36. The number of amides is 1. The lowest BCUT2D eigenvalue weighted by Crippen LogP contribution is -2.38. The van der Waals surface area contributed by atoms with E-state index in [4.69, 9.17) is 11.6 Å². The van der Waals surface area contributed by atoms with E-state index >= 15 is 0 Å². The van der Waals surface area contributed by atoms with Crippen molar-refractivity contribution in [3.8, 4) is 0 Å². The molecule has 112 valence electrons. The fraction of sp³-hybridized carbons (Fsp3) is 0.364. The van der Waals surface area contributed by atoms with Crippen molar-refractivity contribution in [3.63, 3.8) is 0 Å². The van der Waals surface area contributed by atoms with Crippen LogP contribution in [0.1, 0.15) is 0 Å². The van der Waals surface area contributed by atoms with E-state index in [1.807, 2.05) is 0 Å². The third kappa shape index (κ3) is 4.53. The number of sulfonamides is 1. The summed E-state index contributed by atoms with van der Waals surface area (Å²) in [5, 5.41) is 2.17. The van der Waals surface area contributed by atoms with E-state index in [-0.39, 0.29) is 23.8 Å². The average molecular weight is 325 g/mol. The summed E-state index contributed by atoms with van der Waals surface area (Å²) < 4.78 is 41.9. The molecule has 9 heteroatoms. The molecular weight excluding hydrogens is 311 g/mol. The molecule has 1 aromatic carbocycles. The smallest absolute Gasteiger partial charge is 0.406 e. The Balaban J connectivity index is 2.90. The molecule has 0 saturated heterocycles. The second kappa shape index (κ2) is 6.76. The van der Waals surface area contributed by atoms with Crippen molar-refractivity contribution in [2.45, 2.75) is 0 Å². The van der Waals surface area contributed by atoms with Crippen LogP contribution >= 0.6 is 11.6 Å². The van der Waals surface area contributed by atoms with Crippen LogP contribution in [0.3, 0.4) is 0 Å². The first-order valence-electron chi connectivity index (χ1n) is 5.50. The lowest BCUT2D eigenvalue weighted by Gasteiger charge is -2.22. The molecule has 20 heavy (non-hydrogen) atoms. The van der Waals surface area contributed by atoms with E-state index in [9.17, 15) is 17.6 Å². The van der Waals surface area contributed by atoms with Gasteiger partial charge in [0.15, 0.2) is 0 Å². The van der Waals surface area contributed by atoms with E-state index in [0.29, 0.717) is 0 Å². The minimum atomic E-state index is -3.59. The van der Waals surface area contributed by atoms with Gasteiger partial charge in [-0.05, 0) is 18.2 Å². The first-order valence-corrected chi connectivity index (χ1v) is 7.73. The summed E-state index contributed by atoms with van der Waals surface area (Å²) in [7, 11) is -2.39. The Hall–Kier alpha value is -1.54. The fourth-order valence-corrected chi connectivity index (χ4v) is 2.55. The summed E-state index contributed by atoms with van der Waals surface area (Å²) in [6, 6.07) is 3.57. The lowest BCUT2D eigenvalue weighted by atomic mass is 10.3. The van der Waals surface area contributed by atoms with Crippen LogP contribution in [-0.2, 0) is 14.8 Å². The highest BCUT2D eigenvalue weighted by Crippen LogP contribution is 2.24. The number of anilines is 1. The van der Waals surface area contributed by atoms with Crippen molar-refractivity contribution in [2.75, 3.05) is 30.8 Å². The molecule has 0 spiro atoms. The van der Waals surface area contributed by atoms with E-state index in [1.165, 1.54) is 19.2 Å². The topological polar surface area (TPSA) is 75.7 Å². The summed E-state index contributed by atoms with van der Waals surface area (Å²) in [6.07, 6.45) is 0.332. The maximum Gasteiger partial charge on any atom is 0.406 e. The Bertz CT molecular complexity index is 594. The summed E-state index contributed by atoms with van der Waals surface area (Å²) in [5.74, 6) is -0.642. The highest BCUT2D eigenvalue weighted by molar-refractivity contribution is 7.92. The molecule has 1 aromatic rings. The van der Waals surface area contributed by atoms with Crippen LogP contribution in [0.4, 0.5) is 14.9 Å². The van der Waals surface area contributed by atoms with Gasteiger partial charge in [0.25, 0.3) is 0 Å². The van der Waals surface area contributed by atoms with Gasteiger partial charge in [0.05, 0.1) is 30.6 Å². The maximum atomic E-state index is 13.1. The first-order chi connectivity index (χ1) is 9.25. The summed E-state index contributed by atoms with van der Waals surface area (Å²) in [5.41, 5.74) is 0.213. The van der Waals surface area contributed by atoms with Crippen molar-refractivity contribution < 1.29 is 22.3 Å². The molecule has 1 N–H and O–H groups in total. The van der Waals surface area contributed by atoms with Crippen molar-refractivity contribution in [1.29, 1.82) is 0 Å². The van der Waals surface area contributed by atoms with Gasteiger partial charge in [-0.3, -0.25) is 4.31 Å². The van der Waals surface area contributed by atoms with Crippen LogP contribution < -0.4 is 9.62 Å². The monoisotopic (exact) mass is 324 g/mol. The van der Waals surface area contributed by atoms with Gasteiger partial charge < -0.3 is 10.1 Å². The van der Waals surface area contributed by atoms with Gasteiger partial charge in [-0.1, -0.05) is 11.6 Å². The highest BCUT2D eigenvalue weighted by Gasteiger charge is 2.18. The Labute approximate surface area is 121 Å². The standard InChI is InChI=1S/C11H14ClFN2O4S/c1-19-11(16)14-5-6-15(20(2,17)18)8-3-4-10(13)9(12)7-8/h3-4,7H,5-6H2,1-2H3,(H,14,16). The maximum absolute atomic E-state index is 13.1. The van der Waals surface area contributed by atoms with Crippen molar-refractivity contribution >= 4 is 33.4 Å². The highest BCUT2D eigenvalue weighted by atomic mass is 35.5. The third-order valence-corrected chi connectivity index (χ3v) is 3.84. The molecular formula is C11H14ClFN2O4S. The molecule has 0 aliphatic carbocycles. The van der Waals surface area contributed by atoms with Crippen LogP contribution in [-0.4, -0.2) is 41.0 Å². The van der Waals surface area contributed by atoms with Crippen molar-refractivity contribution in [3.05, 3.63) is 29.0 Å². The lowest BCUT2D eigenvalue weighted by molar-refractivity contribution is 0.171. The van der Waals surface area contributed by atoms with Crippen molar-refractivity contribution in [1.82, 2.24) is 5.32 Å². The molecule has 1 rings (SSSR count). The van der Waals surface area contributed by atoms with Crippen LogP contribution in [0.25, 0.3) is 0 Å². The van der Waals surface area contributed by atoms with Crippen LogP contribution in [0.15, 0.2) is 18.2 Å². The number of ether oxygens (including phenoxy) is 1. The molecule has 0 radical (unpaired) electrons. The number of methoxy groups -OCH3 is 1. The number of halogens is 2. The normalized spacial score (nSPS) is 11.0. The van der Waals surface area contributed by atoms with Gasteiger partial charge in [-0.2, -0.15) is 0 Å². The minimum Gasteiger partial charge on any atom is -0.453 e. The Morgan fingerprint density at radius 3 is 2.65 bits per heavy atom. The number of carbonyl (C=O) groups is 1. The quantitative estimate of drug-likeness (QED) is 0.892. The van der Waals surface area contributed by atoms with E-state index < -0.39 is 21.9 Å². The van der Waals surface area contributed by atoms with Gasteiger partial charge in [-0.15, -0.1) is 0 Å².